The van der Waals surface area contributed by atoms with Crippen LogP contribution in [0.1, 0.15) is 132 Å². The first-order valence-electron chi connectivity index (χ1n) is 18.4. The third-order valence-electron chi connectivity index (χ3n) is 15.6. The highest BCUT2D eigenvalue weighted by Crippen LogP contribution is 2.77. The molecule has 0 aliphatic heterocycles. The van der Waals surface area contributed by atoms with Crippen molar-refractivity contribution in [1.29, 1.82) is 0 Å². The predicted molar refractivity (Wildman–Crippen MR) is 179 cm³/mol. The van der Waals surface area contributed by atoms with Crippen molar-refractivity contribution < 1.29 is 37.4 Å². The Bertz CT molecular complexity index is 1320. The number of aliphatic carboxylic acids is 1. The summed E-state index contributed by atoms with van der Waals surface area (Å²) < 4.78 is 46.0. The molecule has 1 amide bonds. The molecule has 0 radical (unpaired) electrons. The molecule has 0 aromatic carbocycles. The van der Waals surface area contributed by atoms with Gasteiger partial charge < -0.3 is 15.2 Å². The van der Waals surface area contributed by atoms with E-state index in [9.17, 15) is 32.7 Å². The van der Waals surface area contributed by atoms with Crippen molar-refractivity contribution in [2.75, 3.05) is 6.54 Å². The minimum absolute atomic E-state index is 0.00726. The molecule has 0 aromatic heterocycles. The molecule has 5 aliphatic rings. The van der Waals surface area contributed by atoms with Gasteiger partial charge in [0.25, 0.3) is 0 Å². The second kappa shape index (κ2) is 12.0. The average Bonchev–Trinajstić information content (AvgIpc) is 3.32. The fraction of sp³-hybridized carbons (Fsp3) is 0.872. The Kier molecular flexibility index (Phi) is 9.32. The lowest BCUT2D eigenvalue weighted by atomic mass is 9.32. The first-order valence-corrected chi connectivity index (χ1v) is 18.4. The van der Waals surface area contributed by atoms with Crippen LogP contribution in [0.3, 0.4) is 0 Å². The van der Waals surface area contributed by atoms with E-state index in [1.807, 2.05) is 0 Å². The molecule has 5 saturated carbocycles. The molecule has 272 valence electrons. The largest absolute Gasteiger partial charge is 0.481 e. The van der Waals surface area contributed by atoms with Gasteiger partial charge in [-0.25, -0.2) is 0 Å². The van der Waals surface area contributed by atoms with E-state index >= 15 is 0 Å². The van der Waals surface area contributed by atoms with E-state index in [0.29, 0.717) is 17.8 Å². The number of halogens is 3. The number of esters is 1. The van der Waals surface area contributed by atoms with Gasteiger partial charge in [0.1, 0.15) is 6.10 Å². The molecule has 0 aromatic rings. The summed E-state index contributed by atoms with van der Waals surface area (Å²) in [6, 6.07) is 0. The number of amides is 1. The van der Waals surface area contributed by atoms with Crippen LogP contribution in [0.15, 0.2) is 12.2 Å². The number of hydrogen-bond donors (Lipinski definition) is 2. The fourth-order valence-electron chi connectivity index (χ4n) is 13.2. The van der Waals surface area contributed by atoms with Gasteiger partial charge >= 0.3 is 24.0 Å². The third-order valence-corrected chi connectivity index (χ3v) is 15.6. The number of nitrogens with one attached hydrogen (secondary N) is 1. The van der Waals surface area contributed by atoms with E-state index in [2.05, 4.69) is 53.4 Å². The first kappa shape index (κ1) is 37.2. The SMILES string of the molecule is C=C(C)[C@@H]1CC[C@]2(CNC(=O)C(F)(F)F)CC[C@]3(C)[C@H](CC[C@@H]4[C@@]5(C)CC[C@H](OC(=O)CC(C)(C)CC(=O)O)C(C)(C)[C@@H]5CC[C@]43C)[C@@H]12. The van der Waals surface area contributed by atoms with Crippen molar-refractivity contribution >= 4 is 17.8 Å². The van der Waals surface area contributed by atoms with E-state index in [4.69, 9.17) is 4.74 Å². The van der Waals surface area contributed by atoms with Gasteiger partial charge in [-0.1, -0.05) is 60.6 Å². The van der Waals surface area contributed by atoms with Crippen molar-refractivity contribution in [2.24, 2.45) is 62.1 Å². The number of hydrogen-bond acceptors (Lipinski definition) is 4. The maximum absolute atomic E-state index is 13.3. The molecule has 5 aliphatic carbocycles. The smallest absolute Gasteiger partial charge is 0.471 e. The molecule has 2 N–H and O–H groups in total. The van der Waals surface area contributed by atoms with Gasteiger partial charge in [0, 0.05) is 12.0 Å². The average molecular weight is 680 g/mol. The summed E-state index contributed by atoms with van der Waals surface area (Å²) in [6.45, 7) is 22.1. The zero-order valence-electron chi connectivity index (χ0n) is 30.6. The van der Waals surface area contributed by atoms with E-state index < -0.39 is 23.5 Å². The number of ether oxygens (including phenoxy) is 1. The Balaban J connectivity index is 1.39. The van der Waals surface area contributed by atoms with E-state index in [-0.39, 0.29) is 70.4 Å². The van der Waals surface area contributed by atoms with Crippen molar-refractivity contribution in [3.8, 4) is 0 Å². The predicted octanol–water partition coefficient (Wildman–Crippen LogP) is 9.13. The molecular formula is C39H60F3NO5. The summed E-state index contributed by atoms with van der Waals surface area (Å²) >= 11 is 0. The summed E-state index contributed by atoms with van der Waals surface area (Å²) in [4.78, 5) is 36.5. The quantitative estimate of drug-likeness (QED) is 0.197. The fourth-order valence-corrected chi connectivity index (χ4v) is 13.2. The van der Waals surface area contributed by atoms with Crippen LogP contribution < -0.4 is 5.32 Å². The Morgan fingerprint density at radius 1 is 0.854 bits per heavy atom. The standard InChI is InChI=1S/C39H60F3NO5/c1-23(2)24-12-17-38(22-43-32(47)39(40,41)42)19-18-36(8)25(31(24)38)10-11-27-35(7)15-14-28(34(5,6)26(35)13-16-37(27,36)9)48-30(46)21-33(3,4)20-29(44)45/h24-28,31H,1,10-22H2,2-9H3,(H,43,47)(H,44,45)/t24-,25+,26-,27+,28-,31+,35-,36+,37+,38+/m0/s1. The topological polar surface area (TPSA) is 92.7 Å². The summed E-state index contributed by atoms with van der Waals surface area (Å²) in [5.74, 6) is -1.46. The van der Waals surface area contributed by atoms with Crippen LogP contribution in [-0.2, 0) is 19.1 Å². The van der Waals surface area contributed by atoms with Crippen molar-refractivity contribution in [1.82, 2.24) is 5.32 Å². The number of alkyl halides is 3. The first-order chi connectivity index (χ1) is 21.9. The second-order valence-corrected chi connectivity index (χ2v) is 19.0. The minimum atomic E-state index is -4.89. The highest BCUT2D eigenvalue weighted by atomic mass is 19.4. The Morgan fingerprint density at radius 3 is 2.12 bits per heavy atom. The lowest BCUT2D eigenvalue weighted by Gasteiger charge is -2.73. The van der Waals surface area contributed by atoms with E-state index in [1.54, 1.807) is 13.8 Å². The maximum Gasteiger partial charge on any atom is 0.471 e. The summed E-state index contributed by atoms with van der Waals surface area (Å²) in [5, 5.41) is 11.6. The van der Waals surface area contributed by atoms with Gasteiger partial charge in [0.15, 0.2) is 0 Å². The Morgan fingerprint density at radius 2 is 1.52 bits per heavy atom. The summed E-state index contributed by atoms with van der Waals surface area (Å²) in [5.41, 5.74) is -0.0545. The van der Waals surface area contributed by atoms with Gasteiger partial charge in [-0.3, -0.25) is 14.4 Å². The molecule has 9 heteroatoms. The van der Waals surface area contributed by atoms with Crippen LogP contribution in [0, 0.1) is 62.1 Å². The molecule has 0 bridgehead atoms. The molecule has 5 rings (SSSR count). The molecule has 0 saturated heterocycles. The Labute approximate surface area is 285 Å². The molecule has 0 unspecified atom stereocenters. The number of carbonyl (C=O) groups is 3. The van der Waals surface area contributed by atoms with Gasteiger partial charge in [-0.05, 0) is 128 Å². The van der Waals surface area contributed by atoms with Crippen molar-refractivity contribution in [3.63, 3.8) is 0 Å². The zero-order chi connectivity index (χ0) is 35.9. The highest BCUT2D eigenvalue weighted by Gasteiger charge is 2.71. The van der Waals surface area contributed by atoms with Crippen LogP contribution in [-0.4, -0.2) is 41.8 Å². The number of rotatable bonds is 8. The molecule has 0 heterocycles. The van der Waals surface area contributed by atoms with Gasteiger partial charge in [-0.2, -0.15) is 13.2 Å². The normalized spacial score (nSPS) is 42.0. The van der Waals surface area contributed by atoms with Crippen LogP contribution in [0.5, 0.6) is 0 Å². The lowest BCUT2D eigenvalue weighted by molar-refractivity contribution is -0.250. The van der Waals surface area contributed by atoms with Crippen LogP contribution >= 0.6 is 0 Å². The van der Waals surface area contributed by atoms with Gasteiger partial charge in [-0.15, -0.1) is 0 Å². The van der Waals surface area contributed by atoms with E-state index in [1.165, 1.54) is 0 Å². The number of carboxylic acids is 1. The third kappa shape index (κ3) is 5.92. The second-order valence-electron chi connectivity index (χ2n) is 19.0. The monoisotopic (exact) mass is 679 g/mol. The van der Waals surface area contributed by atoms with Crippen molar-refractivity contribution in [2.45, 2.75) is 145 Å². The zero-order valence-corrected chi connectivity index (χ0v) is 30.6. The summed E-state index contributed by atoms with van der Waals surface area (Å²) in [7, 11) is 0. The Hall–Kier alpha value is -2.06. The molecule has 10 atom stereocenters. The molecule has 6 nitrogen and oxygen atoms in total. The van der Waals surface area contributed by atoms with Crippen LogP contribution in [0.4, 0.5) is 13.2 Å². The number of allylic oxidation sites excluding steroid dienone is 1. The van der Waals surface area contributed by atoms with E-state index in [0.717, 1.165) is 69.8 Å². The maximum atomic E-state index is 13.3. The summed E-state index contributed by atoms with van der Waals surface area (Å²) in [6.07, 6.45) is 4.29. The number of fused-ring (bicyclic) bond motifs is 7. The van der Waals surface area contributed by atoms with Crippen molar-refractivity contribution in [3.05, 3.63) is 12.2 Å². The minimum Gasteiger partial charge on any atom is -0.481 e. The highest BCUT2D eigenvalue weighted by molar-refractivity contribution is 5.81. The molecular weight excluding hydrogens is 619 g/mol. The van der Waals surface area contributed by atoms with Crippen LogP contribution in [0.2, 0.25) is 0 Å². The number of carboxylic acid groups (broad SMARTS) is 1. The van der Waals surface area contributed by atoms with Crippen LogP contribution in [0.25, 0.3) is 0 Å². The van der Waals surface area contributed by atoms with Gasteiger partial charge in [0.05, 0.1) is 12.8 Å². The van der Waals surface area contributed by atoms with Gasteiger partial charge in [0.2, 0.25) is 0 Å². The lowest BCUT2D eigenvalue weighted by Crippen LogP contribution is -2.67. The molecule has 0 spiro atoms. The molecule has 48 heavy (non-hydrogen) atoms. The number of carbonyl (C=O) groups excluding carboxylic acids is 2. The molecule has 5 fully saturated rings.